The first-order valence-corrected chi connectivity index (χ1v) is 5.66. The van der Waals surface area contributed by atoms with Crippen LogP contribution >= 0.6 is 0 Å². The fourth-order valence-electron chi connectivity index (χ4n) is 1.98. The quantitative estimate of drug-likeness (QED) is 0.739. The van der Waals surface area contributed by atoms with Gasteiger partial charge < -0.3 is 0 Å². The van der Waals surface area contributed by atoms with Crippen molar-refractivity contribution in [1.29, 1.82) is 0 Å². The molecule has 0 radical (unpaired) electrons. The second-order valence-corrected chi connectivity index (χ2v) is 4.22. The highest BCUT2D eigenvalue weighted by Gasteiger charge is 2.12. The van der Waals surface area contributed by atoms with Gasteiger partial charge in [-0.3, -0.25) is 0 Å². The standard InChI is InChI=1S/C15H14F2/c1-11(13-7-3-5-9-15(13)17)10-12-6-2-4-8-14(12)16/h2-9,11H,10H2,1H3. The van der Waals surface area contributed by atoms with E-state index in [-0.39, 0.29) is 17.6 Å². The maximum absolute atomic E-state index is 13.5. The summed E-state index contributed by atoms with van der Waals surface area (Å²) in [5, 5.41) is 0. The van der Waals surface area contributed by atoms with Gasteiger partial charge in [-0.25, -0.2) is 8.78 Å². The largest absolute Gasteiger partial charge is 0.207 e. The first-order valence-electron chi connectivity index (χ1n) is 5.66. The number of halogens is 2. The molecule has 2 rings (SSSR count). The molecule has 0 N–H and O–H groups in total. The van der Waals surface area contributed by atoms with Crippen molar-refractivity contribution in [2.45, 2.75) is 19.3 Å². The Kier molecular flexibility index (Phi) is 3.52. The lowest BCUT2D eigenvalue weighted by Crippen LogP contribution is -2.02. The maximum Gasteiger partial charge on any atom is 0.126 e. The van der Waals surface area contributed by atoms with Crippen LogP contribution in [0.2, 0.25) is 0 Å². The molecule has 0 saturated carbocycles. The molecule has 0 amide bonds. The van der Waals surface area contributed by atoms with Gasteiger partial charge in [0.25, 0.3) is 0 Å². The van der Waals surface area contributed by atoms with Crippen molar-refractivity contribution in [1.82, 2.24) is 0 Å². The molecule has 2 aromatic carbocycles. The van der Waals surface area contributed by atoms with Crippen LogP contribution in [0.1, 0.15) is 24.0 Å². The predicted octanol–water partition coefficient (Wildman–Crippen LogP) is 4.31. The SMILES string of the molecule is CC(Cc1ccccc1F)c1ccccc1F. The lowest BCUT2D eigenvalue weighted by atomic mass is 9.93. The minimum Gasteiger partial charge on any atom is -0.207 e. The molecule has 0 fully saturated rings. The van der Waals surface area contributed by atoms with E-state index < -0.39 is 0 Å². The van der Waals surface area contributed by atoms with E-state index in [1.807, 2.05) is 6.92 Å². The molecule has 88 valence electrons. The minimum atomic E-state index is -0.226. The zero-order chi connectivity index (χ0) is 12.3. The molecule has 0 aromatic heterocycles. The van der Waals surface area contributed by atoms with Crippen LogP contribution in [-0.4, -0.2) is 0 Å². The first kappa shape index (κ1) is 11.8. The second-order valence-electron chi connectivity index (χ2n) is 4.22. The van der Waals surface area contributed by atoms with Crippen molar-refractivity contribution >= 4 is 0 Å². The van der Waals surface area contributed by atoms with Gasteiger partial charge in [-0.1, -0.05) is 43.3 Å². The van der Waals surface area contributed by atoms with Crippen LogP contribution in [0.3, 0.4) is 0 Å². The molecule has 0 nitrogen and oxygen atoms in total. The molecule has 0 aliphatic rings. The summed E-state index contributed by atoms with van der Waals surface area (Å²) >= 11 is 0. The Balaban J connectivity index is 2.20. The van der Waals surface area contributed by atoms with Crippen molar-refractivity contribution in [2.24, 2.45) is 0 Å². The molecule has 2 heteroatoms. The summed E-state index contributed by atoms with van der Waals surface area (Å²) in [5.41, 5.74) is 1.26. The van der Waals surface area contributed by atoms with Crippen LogP contribution in [0.4, 0.5) is 8.78 Å². The summed E-state index contributed by atoms with van der Waals surface area (Å²) in [4.78, 5) is 0. The average Bonchev–Trinajstić information content (AvgIpc) is 2.32. The summed E-state index contributed by atoms with van der Waals surface area (Å²) in [6, 6.07) is 13.3. The summed E-state index contributed by atoms with van der Waals surface area (Å²) in [6.07, 6.45) is 0.508. The van der Waals surface area contributed by atoms with Gasteiger partial charge >= 0.3 is 0 Å². The van der Waals surface area contributed by atoms with Crippen LogP contribution in [0.15, 0.2) is 48.5 Å². The first-order chi connectivity index (χ1) is 8.18. The molecule has 1 unspecified atom stereocenters. The highest BCUT2D eigenvalue weighted by Crippen LogP contribution is 2.23. The lowest BCUT2D eigenvalue weighted by molar-refractivity contribution is 0.571. The normalized spacial score (nSPS) is 12.4. The molecule has 0 heterocycles. The van der Waals surface area contributed by atoms with E-state index in [0.717, 1.165) is 0 Å². The summed E-state index contributed by atoms with van der Waals surface area (Å²) in [6.45, 7) is 1.91. The van der Waals surface area contributed by atoms with Gasteiger partial charge in [0.05, 0.1) is 0 Å². The fourth-order valence-corrected chi connectivity index (χ4v) is 1.98. The van der Waals surface area contributed by atoms with Crippen LogP contribution in [-0.2, 0) is 6.42 Å². The van der Waals surface area contributed by atoms with E-state index in [9.17, 15) is 8.78 Å². The molecule has 0 bridgehead atoms. The summed E-state index contributed by atoms with van der Waals surface area (Å²) < 4.78 is 27.0. The van der Waals surface area contributed by atoms with Crippen LogP contribution in [0.25, 0.3) is 0 Å². The van der Waals surface area contributed by atoms with Crippen molar-refractivity contribution in [3.05, 3.63) is 71.3 Å². The fraction of sp³-hybridized carbons (Fsp3) is 0.200. The zero-order valence-electron chi connectivity index (χ0n) is 9.66. The Hall–Kier alpha value is -1.70. The van der Waals surface area contributed by atoms with Gasteiger partial charge in [-0.2, -0.15) is 0 Å². The number of hydrogen-bond acceptors (Lipinski definition) is 0. The van der Waals surface area contributed by atoms with Gasteiger partial charge in [0.2, 0.25) is 0 Å². The van der Waals surface area contributed by atoms with E-state index >= 15 is 0 Å². The van der Waals surface area contributed by atoms with Crippen molar-refractivity contribution in [3.8, 4) is 0 Å². The molecular weight excluding hydrogens is 218 g/mol. The number of benzene rings is 2. The van der Waals surface area contributed by atoms with Crippen molar-refractivity contribution < 1.29 is 8.78 Å². The molecule has 1 atom stereocenters. The van der Waals surface area contributed by atoms with E-state index in [0.29, 0.717) is 17.5 Å². The van der Waals surface area contributed by atoms with Gasteiger partial charge in [-0.15, -0.1) is 0 Å². The van der Waals surface area contributed by atoms with Gasteiger partial charge in [0, 0.05) is 0 Å². The van der Waals surface area contributed by atoms with Crippen LogP contribution < -0.4 is 0 Å². The molecule has 0 saturated heterocycles. The molecule has 0 aliphatic carbocycles. The van der Waals surface area contributed by atoms with Crippen LogP contribution in [0, 0.1) is 11.6 Å². The third-order valence-electron chi connectivity index (χ3n) is 2.92. The predicted molar refractivity (Wildman–Crippen MR) is 64.9 cm³/mol. The Labute approximate surface area is 99.9 Å². The zero-order valence-corrected chi connectivity index (χ0v) is 9.66. The molecular formula is C15H14F2. The van der Waals surface area contributed by atoms with E-state index in [1.165, 1.54) is 12.1 Å². The Morgan fingerprint density at radius 2 is 1.47 bits per heavy atom. The van der Waals surface area contributed by atoms with Gasteiger partial charge in [0.1, 0.15) is 11.6 Å². The monoisotopic (exact) mass is 232 g/mol. The summed E-state index contributed by atoms with van der Waals surface area (Å²) in [5.74, 6) is -0.486. The number of hydrogen-bond donors (Lipinski definition) is 0. The minimum absolute atomic E-state index is 0.0342. The average molecular weight is 232 g/mol. The van der Waals surface area contributed by atoms with E-state index in [2.05, 4.69) is 0 Å². The Morgan fingerprint density at radius 3 is 2.12 bits per heavy atom. The Bertz CT molecular complexity index is 506. The van der Waals surface area contributed by atoms with Crippen molar-refractivity contribution in [3.63, 3.8) is 0 Å². The lowest BCUT2D eigenvalue weighted by Gasteiger charge is -2.13. The maximum atomic E-state index is 13.5. The highest BCUT2D eigenvalue weighted by atomic mass is 19.1. The smallest absolute Gasteiger partial charge is 0.126 e. The van der Waals surface area contributed by atoms with Gasteiger partial charge in [0.15, 0.2) is 0 Å². The summed E-state index contributed by atoms with van der Waals surface area (Å²) in [7, 11) is 0. The van der Waals surface area contributed by atoms with E-state index in [4.69, 9.17) is 0 Å². The molecule has 2 aromatic rings. The Morgan fingerprint density at radius 1 is 0.882 bits per heavy atom. The molecule has 0 aliphatic heterocycles. The van der Waals surface area contributed by atoms with Crippen LogP contribution in [0.5, 0.6) is 0 Å². The molecule has 17 heavy (non-hydrogen) atoms. The van der Waals surface area contributed by atoms with Crippen molar-refractivity contribution in [2.75, 3.05) is 0 Å². The second kappa shape index (κ2) is 5.09. The third-order valence-corrected chi connectivity index (χ3v) is 2.92. The number of rotatable bonds is 3. The van der Waals surface area contributed by atoms with Gasteiger partial charge in [-0.05, 0) is 35.6 Å². The topological polar surface area (TPSA) is 0 Å². The molecule has 0 spiro atoms. The highest BCUT2D eigenvalue weighted by molar-refractivity contribution is 5.25. The third kappa shape index (κ3) is 2.70. The van der Waals surface area contributed by atoms with E-state index in [1.54, 1.807) is 36.4 Å².